The molecule has 0 radical (unpaired) electrons. The molecule has 0 spiro atoms. The molecule has 210 valence electrons. The fraction of sp³-hybridized carbons (Fsp3) is 0.300. The van der Waals surface area contributed by atoms with Crippen molar-refractivity contribution < 1.29 is 14.3 Å². The second-order valence-electron chi connectivity index (χ2n) is 9.21. The lowest BCUT2D eigenvalue weighted by molar-refractivity contribution is -0.111. The average Bonchev–Trinajstić information content (AvgIpc) is 2.94. The number of hydrogen-bond acceptors (Lipinski definition) is 8. The van der Waals surface area contributed by atoms with Crippen molar-refractivity contribution in [2.24, 2.45) is 0 Å². The quantitative estimate of drug-likeness (QED) is 0.188. The first-order valence-electron chi connectivity index (χ1n) is 12.7. The van der Waals surface area contributed by atoms with Gasteiger partial charge in [0, 0.05) is 25.4 Å². The van der Waals surface area contributed by atoms with Crippen LogP contribution in [0.25, 0.3) is 0 Å². The summed E-state index contributed by atoms with van der Waals surface area (Å²) in [4.78, 5) is 23.2. The third-order valence-electron chi connectivity index (χ3n) is 5.86. The van der Waals surface area contributed by atoms with Crippen molar-refractivity contribution in [1.29, 1.82) is 0 Å². The topological polar surface area (TPSA) is 101 Å². The van der Waals surface area contributed by atoms with Crippen LogP contribution < -0.4 is 20.7 Å². The number of amides is 1. The Bertz CT molecular complexity index is 1400. The lowest BCUT2D eigenvalue weighted by atomic mass is 10.0. The number of methoxy groups -OCH3 is 2. The number of carbonyl (C=O) groups excluding carboxylic acids is 1. The molecule has 1 amide bonds. The van der Waals surface area contributed by atoms with Crippen LogP contribution >= 0.6 is 11.6 Å². The van der Waals surface area contributed by atoms with Gasteiger partial charge in [-0.15, -0.1) is 0 Å². The molecule has 0 fully saturated rings. The number of nitrogens with zero attached hydrogens (tertiary/aromatic N) is 3. The van der Waals surface area contributed by atoms with Crippen LogP contribution in [0, 0.1) is 11.8 Å². The highest BCUT2D eigenvalue weighted by atomic mass is 35.5. The fourth-order valence-electron chi connectivity index (χ4n) is 3.71. The Balaban J connectivity index is 1.93. The number of likely N-dealkylation sites (N-methyl/N-ethyl adjacent to an activating group) is 1. The minimum atomic E-state index is -0.366. The Labute approximate surface area is 241 Å². The van der Waals surface area contributed by atoms with E-state index in [4.69, 9.17) is 21.1 Å². The monoisotopic (exact) mass is 562 g/mol. The molecule has 40 heavy (non-hydrogen) atoms. The second-order valence-corrected chi connectivity index (χ2v) is 9.61. The van der Waals surface area contributed by atoms with Crippen LogP contribution in [0.15, 0.2) is 55.3 Å². The predicted octanol–water partition coefficient (Wildman–Crippen LogP) is 5.80. The van der Waals surface area contributed by atoms with E-state index in [2.05, 4.69) is 64.3 Å². The van der Waals surface area contributed by atoms with Gasteiger partial charge in [0.2, 0.25) is 11.9 Å². The highest BCUT2D eigenvalue weighted by molar-refractivity contribution is 6.32. The van der Waals surface area contributed by atoms with E-state index in [0.29, 0.717) is 52.6 Å². The maximum atomic E-state index is 12.2. The third-order valence-corrected chi connectivity index (χ3v) is 6.14. The first kappa shape index (κ1) is 30.4. The predicted molar refractivity (Wildman–Crippen MR) is 162 cm³/mol. The van der Waals surface area contributed by atoms with E-state index in [1.807, 2.05) is 30.1 Å². The standard InChI is InChI=1S/C30H35ClN6O3/c1-7-28(38)33-25-18-26(27(40-6)17-21(25)11-10-14-37(4)15-16-39-5)35-30-32-19-23(31)29(36-30)34-24-13-9-8-12-22(24)20(2)3/h7-9,12-13,17-20H,1,14-16H2,2-6H3,(H,33,38)(H2,32,34,35,36). The molecule has 0 aliphatic heterocycles. The summed E-state index contributed by atoms with van der Waals surface area (Å²) in [6.45, 7) is 9.68. The van der Waals surface area contributed by atoms with Gasteiger partial charge in [-0.2, -0.15) is 4.98 Å². The first-order valence-corrected chi connectivity index (χ1v) is 13.1. The number of rotatable bonds is 12. The number of para-hydroxylation sites is 1. The number of benzene rings is 2. The van der Waals surface area contributed by atoms with E-state index in [1.54, 1.807) is 26.4 Å². The highest BCUT2D eigenvalue weighted by Gasteiger charge is 2.15. The molecule has 0 unspecified atom stereocenters. The average molecular weight is 563 g/mol. The lowest BCUT2D eigenvalue weighted by Gasteiger charge is -2.17. The van der Waals surface area contributed by atoms with Crippen molar-refractivity contribution in [3.63, 3.8) is 0 Å². The van der Waals surface area contributed by atoms with Gasteiger partial charge < -0.3 is 25.4 Å². The third kappa shape index (κ3) is 8.45. The van der Waals surface area contributed by atoms with Gasteiger partial charge in [-0.25, -0.2) is 4.98 Å². The van der Waals surface area contributed by atoms with Crippen molar-refractivity contribution >= 4 is 46.3 Å². The molecular formula is C30H35ClN6O3. The van der Waals surface area contributed by atoms with E-state index in [0.717, 1.165) is 17.8 Å². The van der Waals surface area contributed by atoms with Gasteiger partial charge in [-0.05, 0) is 36.7 Å². The zero-order chi connectivity index (χ0) is 29.1. The van der Waals surface area contributed by atoms with Gasteiger partial charge in [0.25, 0.3) is 0 Å². The van der Waals surface area contributed by atoms with E-state index in [9.17, 15) is 4.79 Å². The SMILES string of the molecule is C=CC(=O)Nc1cc(Nc2ncc(Cl)c(Nc3ccccc3C(C)C)n2)c(OC)cc1C#CCN(C)CCOC. The molecule has 2 aromatic carbocycles. The first-order chi connectivity index (χ1) is 19.2. The summed E-state index contributed by atoms with van der Waals surface area (Å²) >= 11 is 6.44. The summed E-state index contributed by atoms with van der Waals surface area (Å²) in [5, 5.41) is 9.69. The van der Waals surface area contributed by atoms with Gasteiger partial charge in [0.15, 0.2) is 5.82 Å². The molecule has 3 aromatic rings. The molecule has 1 aromatic heterocycles. The largest absolute Gasteiger partial charge is 0.495 e. The Morgan fingerprint density at radius 2 is 1.95 bits per heavy atom. The van der Waals surface area contributed by atoms with Crippen molar-refractivity contribution in [3.05, 3.63) is 71.4 Å². The van der Waals surface area contributed by atoms with Crippen LogP contribution in [0.5, 0.6) is 5.75 Å². The van der Waals surface area contributed by atoms with Crippen LogP contribution in [0.2, 0.25) is 5.02 Å². The van der Waals surface area contributed by atoms with E-state index >= 15 is 0 Å². The van der Waals surface area contributed by atoms with Gasteiger partial charge >= 0.3 is 0 Å². The Morgan fingerprint density at radius 3 is 2.65 bits per heavy atom. The number of halogens is 1. The summed E-state index contributed by atoms with van der Waals surface area (Å²) in [5.74, 6) is 7.43. The number of hydrogen-bond donors (Lipinski definition) is 3. The van der Waals surface area contributed by atoms with Crippen molar-refractivity contribution in [1.82, 2.24) is 14.9 Å². The van der Waals surface area contributed by atoms with Gasteiger partial charge in [0.1, 0.15) is 10.8 Å². The number of carbonyl (C=O) groups is 1. The molecule has 0 aliphatic rings. The number of aromatic nitrogens is 2. The smallest absolute Gasteiger partial charge is 0.247 e. The molecule has 10 heteroatoms. The summed E-state index contributed by atoms with van der Waals surface area (Å²) in [7, 11) is 5.17. The van der Waals surface area contributed by atoms with Gasteiger partial charge in [-0.1, -0.05) is 62.1 Å². The molecule has 0 aliphatic carbocycles. The molecule has 0 saturated heterocycles. The Morgan fingerprint density at radius 1 is 1.18 bits per heavy atom. The van der Waals surface area contributed by atoms with Crippen molar-refractivity contribution in [2.45, 2.75) is 19.8 Å². The van der Waals surface area contributed by atoms with Crippen LogP contribution in [0.4, 0.5) is 28.8 Å². The molecular weight excluding hydrogens is 528 g/mol. The molecule has 3 N–H and O–H groups in total. The fourth-order valence-corrected chi connectivity index (χ4v) is 3.85. The Kier molecular flexibility index (Phi) is 11.3. The van der Waals surface area contributed by atoms with Crippen LogP contribution in [-0.2, 0) is 9.53 Å². The van der Waals surface area contributed by atoms with Crippen LogP contribution in [0.3, 0.4) is 0 Å². The van der Waals surface area contributed by atoms with Gasteiger partial charge in [-0.3, -0.25) is 9.69 Å². The lowest BCUT2D eigenvalue weighted by Crippen LogP contribution is -2.23. The van der Waals surface area contributed by atoms with Crippen molar-refractivity contribution in [2.75, 3.05) is 56.9 Å². The zero-order valence-corrected chi connectivity index (χ0v) is 24.2. The molecule has 3 rings (SSSR count). The van der Waals surface area contributed by atoms with Crippen molar-refractivity contribution in [3.8, 4) is 17.6 Å². The normalized spacial score (nSPS) is 10.6. The Hall–Kier alpha value is -4.10. The highest BCUT2D eigenvalue weighted by Crippen LogP contribution is 2.34. The van der Waals surface area contributed by atoms with Gasteiger partial charge in [0.05, 0.1) is 43.4 Å². The summed E-state index contributed by atoms with van der Waals surface area (Å²) in [6.07, 6.45) is 2.71. The minimum Gasteiger partial charge on any atom is -0.495 e. The minimum absolute atomic E-state index is 0.284. The maximum Gasteiger partial charge on any atom is 0.247 e. The summed E-state index contributed by atoms with van der Waals surface area (Å²) < 4.78 is 10.7. The molecule has 1 heterocycles. The summed E-state index contributed by atoms with van der Waals surface area (Å²) in [6, 6.07) is 11.5. The molecule has 0 saturated carbocycles. The van der Waals surface area contributed by atoms with E-state index < -0.39 is 0 Å². The second kappa shape index (κ2) is 14.9. The molecule has 0 atom stereocenters. The molecule has 0 bridgehead atoms. The summed E-state index contributed by atoms with van der Waals surface area (Å²) in [5.41, 5.74) is 3.64. The molecule has 9 nitrogen and oxygen atoms in total. The van der Waals surface area contributed by atoms with Crippen LogP contribution in [-0.4, -0.2) is 61.7 Å². The van der Waals surface area contributed by atoms with E-state index in [-0.39, 0.29) is 11.9 Å². The number of nitrogens with one attached hydrogen (secondary N) is 3. The van der Waals surface area contributed by atoms with Crippen LogP contribution in [0.1, 0.15) is 30.9 Å². The maximum absolute atomic E-state index is 12.2. The van der Waals surface area contributed by atoms with E-state index in [1.165, 1.54) is 12.3 Å². The number of ether oxygens (including phenoxy) is 2. The number of anilines is 5. The zero-order valence-electron chi connectivity index (χ0n) is 23.5.